The number of thioether (sulfide) groups is 1. The van der Waals surface area contributed by atoms with Crippen LogP contribution in [0.2, 0.25) is 0 Å². The highest BCUT2D eigenvalue weighted by Crippen LogP contribution is 2.26. The smallest absolute Gasteiger partial charge is 0.256 e. The van der Waals surface area contributed by atoms with E-state index in [9.17, 15) is 13.6 Å². The fraction of sp³-hybridized carbons (Fsp3) is 0.286. The summed E-state index contributed by atoms with van der Waals surface area (Å²) in [6, 6.07) is 3.39. The molecule has 0 aliphatic carbocycles. The molecule has 0 bridgehead atoms. The molecule has 0 saturated heterocycles. The van der Waals surface area contributed by atoms with Crippen LogP contribution in [-0.4, -0.2) is 16.1 Å². The number of nitrogens with one attached hydrogen (secondary N) is 1. The number of carbonyl (C=O) groups is 1. The third-order valence-corrected chi connectivity index (χ3v) is 3.81. The standard InChI is InChI=1S/C14H14F2N2O2S/c1-7-8(2)20-14(17-7)21-9(3)13(19)18-12-10(15)5-4-6-11(12)16/h4-6,9H,1-3H3,(H,18,19). The number of hydrogen-bond acceptors (Lipinski definition) is 4. The average molecular weight is 312 g/mol. The van der Waals surface area contributed by atoms with Crippen LogP contribution in [0.15, 0.2) is 27.8 Å². The number of benzene rings is 1. The molecule has 1 heterocycles. The monoisotopic (exact) mass is 312 g/mol. The van der Waals surface area contributed by atoms with Crippen molar-refractivity contribution in [3.8, 4) is 0 Å². The topological polar surface area (TPSA) is 55.1 Å². The SMILES string of the molecule is Cc1nc(SC(C)C(=O)Nc2c(F)cccc2F)oc1C. The molecule has 2 rings (SSSR count). The summed E-state index contributed by atoms with van der Waals surface area (Å²) in [6.45, 7) is 5.17. The van der Waals surface area contributed by atoms with E-state index in [1.54, 1.807) is 20.8 Å². The van der Waals surface area contributed by atoms with Gasteiger partial charge in [-0.2, -0.15) is 0 Å². The molecule has 1 N–H and O–H groups in total. The number of aryl methyl sites for hydroxylation is 2. The van der Waals surface area contributed by atoms with Gasteiger partial charge in [-0.05, 0) is 32.9 Å². The molecule has 1 amide bonds. The lowest BCUT2D eigenvalue weighted by Gasteiger charge is -2.11. The lowest BCUT2D eigenvalue weighted by atomic mass is 10.3. The van der Waals surface area contributed by atoms with Gasteiger partial charge in [0.25, 0.3) is 5.22 Å². The zero-order chi connectivity index (χ0) is 15.6. The van der Waals surface area contributed by atoms with Crippen molar-refractivity contribution in [1.82, 2.24) is 4.98 Å². The molecule has 0 spiro atoms. The molecule has 0 radical (unpaired) electrons. The molecular weight excluding hydrogens is 298 g/mol. The van der Waals surface area contributed by atoms with Gasteiger partial charge in [-0.15, -0.1) is 0 Å². The van der Waals surface area contributed by atoms with Gasteiger partial charge in [0, 0.05) is 0 Å². The van der Waals surface area contributed by atoms with Crippen LogP contribution in [0.25, 0.3) is 0 Å². The molecule has 7 heteroatoms. The number of anilines is 1. The zero-order valence-electron chi connectivity index (χ0n) is 11.7. The summed E-state index contributed by atoms with van der Waals surface area (Å²) >= 11 is 1.08. The van der Waals surface area contributed by atoms with E-state index < -0.39 is 28.5 Å². The minimum absolute atomic E-state index is 0.349. The normalized spacial score (nSPS) is 12.2. The van der Waals surface area contributed by atoms with Crippen LogP contribution in [0, 0.1) is 25.5 Å². The van der Waals surface area contributed by atoms with Crippen molar-refractivity contribution in [3.05, 3.63) is 41.3 Å². The quantitative estimate of drug-likeness (QED) is 0.875. The van der Waals surface area contributed by atoms with Crippen molar-refractivity contribution < 1.29 is 18.0 Å². The highest BCUT2D eigenvalue weighted by molar-refractivity contribution is 8.00. The molecule has 21 heavy (non-hydrogen) atoms. The minimum Gasteiger partial charge on any atom is -0.437 e. The molecule has 4 nitrogen and oxygen atoms in total. The van der Waals surface area contributed by atoms with Crippen molar-refractivity contribution in [2.45, 2.75) is 31.2 Å². The highest BCUT2D eigenvalue weighted by atomic mass is 32.2. The second kappa shape index (κ2) is 6.26. The first-order valence-corrected chi connectivity index (χ1v) is 7.12. The summed E-state index contributed by atoms with van der Waals surface area (Å²) in [5, 5.41) is 1.98. The van der Waals surface area contributed by atoms with Crippen molar-refractivity contribution in [2.75, 3.05) is 5.32 Å². The van der Waals surface area contributed by atoms with Crippen molar-refractivity contribution in [2.24, 2.45) is 0 Å². The van der Waals surface area contributed by atoms with E-state index in [1.807, 2.05) is 0 Å². The molecule has 2 aromatic rings. The molecular formula is C14H14F2N2O2S. The van der Waals surface area contributed by atoms with Crippen molar-refractivity contribution in [3.63, 3.8) is 0 Å². The number of hydrogen-bond donors (Lipinski definition) is 1. The van der Waals surface area contributed by atoms with Crippen LogP contribution in [0.1, 0.15) is 18.4 Å². The van der Waals surface area contributed by atoms with Gasteiger partial charge in [0.1, 0.15) is 23.1 Å². The Hall–Kier alpha value is -1.89. The summed E-state index contributed by atoms with van der Waals surface area (Å²) in [6.07, 6.45) is 0. The van der Waals surface area contributed by atoms with Gasteiger partial charge in [-0.25, -0.2) is 13.8 Å². The lowest BCUT2D eigenvalue weighted by Crippen LogP contribution is -2.23. The number of amides is 1. The Bertz CT molecular complexity index is 633. The van der Waals surface area contributed by atoms with Crippen LogP contribution in [0.5, 0.6) is 0 Å². The minimum atomic E-state index is -0.816. The van der Waals surface area contributed by atoms with Crippen molar-refractivity contribution >= 4 is 23.4 Å². The van der Waals surface area contributed by atoms with Crippen LogP contribution in [-0.2, 0) is 4.79 Å². The molecule has 0 aliphatic heterocycles. The Labute approximate surface area is 124 Å². The number of halogens is 2. The third-order valence-electron chi connectivity index (χ3n) is 2.87. The molecule has 0 fully saturated rings. The van der Waals surface area contributed by atoms with E-state index in [0.717, 1.165) is 29.6 Å². The molecule has 1 aromatic heterocycles. The zero-order valence-corrected chi connectivity index (χ0v) is 12.6. The van der Waals surface area contributed by atoms with E-state index in [2.05, 4.69) is 10.3 Å². The first-order valence-electron chi connectivity index (χ1n) is 6.24. The Morgan fingerprint density at radius 1 is 1.33 bits per heavy atom. The first kappa shape index (κ1) is 15.5. The van der Waals surface area contributed by atoms with Crippen LogP contribution < -0.4 is 5.32 Å². The number of para-hydroxylation sites is 1. The second-order valence-corrected chi connectivity index (χ2v) is 5.76. The van der Waals surface area contributed by atoms with Gasteiger partial charge in [0.05, 0.1) is 10.9 Å². The number of rotatable bonds is 4. The average Bonchev–Trinajstić information content (AvgIpc) is 2.72. The molecule has 0 saturated carbocycles. The Morgan fingerprint density at radius 3 is 2.48 bits per heavy atom. The van der Waals surface area contributed by atoms with Gasteiger partial charge >= 0.3 is 0 Å². The van der Waals surface area contributed by atoms with E-state index in [-0.39, 0.29) is 0 Å². The number of nitrogens with zero attached hydrogens (tertiary/aromatic N) is 1. The predicted molar refractivity (Wildman–Crippen MR) is 76.3 cm³/mol. The summed E-state index contributed by atoms with van der Waals surface area (Å²) < 4.78 is 32.3. The van der Waals surface area contributed by atoms with Crippen LogP contribution in [0.3, 0.4) is 0 Å². The highest BCUT2D eigenvalue weighted by Gasteiger charge is 2.20. The number of aromatic nitrogens is 1. The van der Waals surface area contributed by atoms with Gasteiger partial charge in [0.2, 0.25) is 5.91 Å². The van der Waals surface area contributed by atoms with E-state index in [4.69, 9.17) is 4.42 Å². The van der Waals surface area contributed by atoms with Gasteiger partial charge < -0.3 is 9.73 Å². The van der Waals surface area contributed by atoms with Crippen LogP contribution >= 0.6 is 11.8 Å². The summed E-state index contributed by atoms with van der Waals surface area (Å²) in [5.74, 6) is -1.49. The maximum absolute atomic E-state index is 13.5. The second-order valence-electron chi connectivity index (χ2n) is 4.47. The van der Waals surface area contributed by atoms with Gasteiger partial charge in [-0.3, -0.25) is 4.79 Å². The first-order chi connectivity index (χ1) is 9.88. The van der Waals surface area contributed by atoms with E-state index >= 15 is 0 Å². The van der Waals surface area contributed by atoms with Gasteiger partial charge in [0.15, 0.2) is 0 Å². The Morgan fingerprint density at radius 2 is 1.95 bits per heavy atom. The molecule has 112 valence electrons. The number of carbonyl (C=O) groups excluding carboxylic acids is 1. The lowest BCUT2D eigenvalue weighted by molar-refractivity contribution is -0.115. The summed E-state index contributed by atoms with van der Waals surface area (Å²) in [4.78, 5) is 16.1. The molecule has 1 atom stereocenters. The van der Waals surface area contributed by atoms with Gasteiger partial charge in [-0.1, -0.05) is 17.8 Å². The molecule has 1 aromatic carbocycles. The fourth-order valence-electron chi connectivity index (χ4n) is 1.54. The molecule has 1 unspecified atom stereocenters. The Balaban J connectivity index is 2.06. The van der Waals surface area contributed by atoms with Crippen molar-refractivity contribution in [1.29, 1.82) is 0 Å². The summed E-state index contributed by atoms with van der Waals surface area (Å²) in [5.41, 5.74) is 0.292. The third kappa shape index (κ3) is 3.60. The predicted octanol–water partition coefficient (Wildman–Crippen LogP) is 3.69. The Kier molecular flexibility index (Phi) is 4.62. The molecule has 0 aliphatic rings. The van der Waals surface area contributed by atoms with E-state index in [0.29, 0.717) is 11.0 Å². The maximum Gasteiger partial charge on any atom is 0.256 e. The number of oxazole rings is 1. The largest absolute Gasteiger partial charge is 0.437 e. The summed E-state index contributed by atoms with van der Waals surface area (Å²) in [7, 11) is 0. The fourth-order valence-corrected chi connectivity index (χ4v) is 2.37. The maximum atomic E-state index is 13.5. The van der Waals surface area contributed by atoms with Crippen LogP contribution in [0.4, 0.5) is 14.5 Å². The van der Waals surface area contributed by atoms with E-state index in [1.165, 1.54) is 6.07 Å².